The van der Waals surface area contributed by atoms with Crippen molar-refractivity contribution in [3.63, 3.8) is 0 Å². The molecule has 1 aliphatic heterocycles. The number of rotatable bonds is 8. The van der Waals surface area contributed by atoms with E-state index in [1.165, 1.54) is 12.1 Å². The molecule has 0 bridgehead atoms. The molecule has 0 saturated carbocycles. The van der Waals surface area contributed by atoms with Crippen LogP contribution in [0.3, 0.4) is 0 Å². The third kappa shape index (κ3) is 5.73. The van der Waals surface area contributed by atoms with Gasteiger partial charge in [0.15, 0.2) is 5.76 Å². The highest BCUT2D eigenvalue weighted by molar-refractivity contribution is 5.76. The average molecular weight is 438 g/mol. The quantitative estimate of drug-likeness (QED) is 0.558. The second-order valence-corrected chi connectivity index (χ2v) is 8.24. The van der Waals surface area contributed by atoms with E-state index in [1.807, 2.05) is 30.3 Å². The molecule has 2 heterocycles. The Hall–Kier alpha value is -3.19. The summed E-state index contributed by atoms with van der Waals surface area (Å²) >= 11 is 0. The minimum Gasteiger partial charge on any atom is -0.497 e. The first-order valence-corrected chi connectivity index (χ1v) is 10.9. The molecule has 4 rings (SSSR count). The zero-order valence-corrected chi connectivity index (χ0v) is 18.1. The van der Waals surface area contributed by atoms with Gasteiger partial charge < -0.3 is 19.9 Å². The topological polar surface area (TPSA) is 76.4 Å². The molecule has 3 aromatic rings. The summed E-state index contributed by atoms with van der Waals surface area (Å²) in [6.45, 7) is 2.16. The third-order valence-corrected chi connectivity index (χ3v) is 6.02. The second-order valence-electron chi connectivity index (χ2n) is 8.24. The number of carbonyl (C=O) groups excluding carboxylic acids is 1. The minimum atomic E-state index is -0.277. The number of nitrogens with one attached hydrogen (secondary N) is 2. The SMILES string of the molecule is COc1ccc(-c2cc(C[C@H]3CNCC[C@H]3CC(=O)NCc3ccc(F)cc3)no2)cc1. The molecule has 1 fully saturated rings. The number of amides is 1. The predicted molar refractivity (Wildman–Crippen MR) is 120 cm³/mol. The van der Waals surface area contributed by atoms with Crippen molar-refractivity contribution < 1.29 is 18.4 Å². The van der Waals surface area contributed by atoms with Gasteiger partial charge in [-0.1, -0.05) is 17.3 Å². The van der Waals surface area contributed by atoms with E-state index < -0.39 is 0 Å². The van der Waals surface area contributed by atoms with Crippen molar-refractivity contribution in [2.24, 2.45) is 11.8 Å². The van der Waals surface area contributed by atoms with Gasteiger partial charge in [0, 0.05) is 24.6 Å². The highest BCUT2D eigenvalue weighted by Gasteiger charge is 2.28. The van der Waals surface area contributed by atoms with Gasteiger partial charge in [-0.05, 0) is 79.7 Å². The Morgan fingerprint density at radius 1 is 1.19 bits per heavy atom. The van der Waals surface area contributed by atoms with Crippen LogP contribution in [0.5, 0.6) is 5.75 Å². The minimum absolute atomic E-state index is 0.0188. The number of nitrogens with zero attached hydrogens (tertiary/aromatic N) is 1. The standard InChI is InChI=1S/C25H28FN3O3/c1-31-23-8-4-18(5-9-23)24-14-22(29-32-24)12-20-16-27-11-10-19(20)13-25(30)28-15-17-2-6-21(26)7-3-17/h2-9,14,19-20,27H,10-13,15-16H2,1H3,(H,28,30)/t19-,20-/m0/s1. The van der Waals surface area contributed by atoms with Crippen LogP contribution in [0.1, 0.15) is 24.1 Å². The number of halogens is 1. The van der Waals surface area contributed by atoms with Crippen LogP contribution in [0.2, 0.25) is 0 Å². The normalized spacial score (nSPS) is 18.3. The maximum absolute atomic E-state index is 13.0. The molecule has 1 aromatic heterocycles. The molecule has 7 heteroatoms. The summed E-state index contributed by atoms with van der Waals surface area (Å²) in [6.07, 6.45) is 2.16. The van der Waals surface area contributed by atoms with E-state index in [0.29, 0.717) is 18.9 Å². The van der Waals surface area contributed by atoms with Crippen molar-refractivity contribution in [1.82, 2.24) is 15.8 Å². The van der Waals surface area contributed by atoms with Crippen molar-refractivity contribution in [3.8, 4) is 17.1 Å². The zero-order valence-electron chi connectivity index (χ0n) is 18.1. The lowest BCUT2D eigenvalue weighted by Crippen LogP contribution is -2.40. The third-order valence-electron chi connectivity index (χ3n) is 6.02. The first-order chi connectivity index (χ1) is 15.6. The number of aromatic nitrogens is 1. The monoisotopic (exact) mass is 437 g/mol. The first-order valence-electron chi connectivity index (χ1n) is 10.9. The van der Waals surface area contributed by atoms with Gasteiger partial charge in [-0.3, -0.25) is 4.79 Å². The lowest BCUT2D eigenvalue weighted by Gasteiger charge is -2.31. The number of ether oxygens (including phenoxy) is 1. The first kappa shape index (κ1) is 22.0. The average Bonchev–Trinajstić information content (AvgIpc) is 3.28. The Kier molecular flexibility index (Phi) is 7.17. The number of carbonyl (C=O) groups is 1. The van der Waals surface area contributed by atoms with Gasteiger partial charge in [0.05, 0.1) is 12.8 Å². The van der Waals surface area contributed by atoms with Gasteiger partial charge in [-0.15, -0.1) is 0 Å². The molecule has 6 nitrogen and oxygen atoms in total. The fourth-order valence-electron chi connectivity index (χ4n) is 4.17. The summed E-state index contributed by atoms with van der Waals surface area (Å²) in [7, 11) is 1.64. The molecule has 168 valence electrons. The van der Waals surface area contributed by atoms with Gasteiger partial charge in [0.1, 0.15) is 11.6 Å². The van der Waals surface area contributed by atoms with E-state index in [0.717, 1.165) is 54.3 Å². The molecular formula is C25H28FN3O3. The summed E-state index contributed by atoms with van der Waals surface area (Å²) in [5.41, 5.74) is 2.72. The highest BCUT2D eigenvalue weighted by atomic mass is 19.1. The van der Waals surface area contributed by atoms with Crippen LogP contribution in [0.25, 0.3) is 11.3 Å². The second kappa shape index (κ2) is 10.4. The predicted octanol–water partition coefficient (Wildman–Crippen LogP) is 3.96. The van der Waals surface area contributed by atoms with E-state index in [-0.39, 0.29) is 17.6 Å². The number of hydrogen-bond donors (Lipinski definition) is 2. The molecule has 0 spiro atoms. The van der Waals surface area contributed by atoms with Crippen molar-refractivity contribution >= 4 is 5.91 Å². The van der Waals surface area contributed by atoms with Crippen molar-refractivity contribution in [1.29, 1.82) is 0 Å². The number of methoxy groups -OCH3 is 1. The Bertz CT molecular complexity index is 1020. The molecule has 2 atom stereocenters. The van der Waals surface area contributed by atoms with Gasteiger partial charge in [0.25, 0.3) is 0 Å². The van der Waals surface area contributed by atoms with Crippen molar-refractivity contribution in [2.75, 3.05) is 20.2 Å². The fraction of sp³-hybridized carbons (Fsp3) is 0.360. The van der Waals surface area contributed by atoms with Crippen LogP contribution >= 0.6 is 0 Å². The van der Waals surface area contributed by atoms with Crippen LogP contribution in [0, 0.1) is 17.7 Å². The van der Waals surface area contributed by atoms with Crippen LogP contribution in [0.4, 0.5) is 4.39 Å². The van der Waals surface area contributed by atoms with Crippen molar-refractivity contribution in [2.45, 2.75) is 25.8 Å². The number of benzene rings is 2. The van der Waals surface area contributed by atoms with Gasteiger partial charge in [0.2, 0.25) is 5.91 Å². The Morgan fingerprint density at radius 3 is 2.72 bits per heavy atom. The molecule has 0 radical (unpaired) electrons. The van der Waals surface area contributed by atoms with Crippen LogP contribution in [-0.2, 0) is 17.8 Å². The van der Waals surface area contributed by atoms with E-state index >= 15 is 0 Å². The largest absolute Gasteiger partial charge is 0.497 e. The molecule has 2 aromatic carbocycles. The molecule has 32 heavy (non-hydrogen) atoms. The molecule has 1 aliphatic rings. The number of hydrogen-bond acceptors (Lipinski definition) is 5. The van der Waals surface area contributed by atoms with Gasteiger partial charge in [-0.2, -0.15) is 0 Å². The Labute approximate surface area is 187 Å². The summed E-state index contributed by atoms with van der Waals surface area (Å²) in [5.74, 6) is 1.83. The summed E-state index contributed by atoms with van der Waals surface area (Å²) in [4.78, 5) is 12.5. The summed E-state index contributed by atoms with van der Waals surface area (Å²) in [6, 6.07) is 15.8. The van der Waals surface area contributed by atoms with Gasteiger partial charge >= 0.3 is 0 Å². The fourth-order valence-corrected chi connectivity index (χ4v) is 4.17. The lowest BCUT2D eigenvalue weighted by atomic mass is 9.81. The van der Waals surface area contributed by atoms with E-state index in [2.05, 4.69) is 15.8 Å². The lowest BCUT2D eigenvalue weighted by molar-refractivity contribution is -0.122. The molecule has 0 unspecified atom stereocenters. The Balaban J connectivity index is 1.33. The van der Waals surface area contributed by atoms with E-state index in [9.17, 15) is 9.18 Å². The van der Waals surface area contributed by atoms with Crippen molar-refractivity contribution in [3.05, 3.63) is 71.7 Å². The van der Waals surface area contributed by atoms with E-state index in [1.54, 1.807) is 19.2 Å². The maximum atomic E-state index is 13.0. The van der Waals surface area contributed by atoms with E-state index in [4.69, 9.17) is 9.26 Å². The van der Waals surface area contributed by atoms with Crippen LogP contribution < -0.4 is 15.4 Å². The molecule has 0 aliphatic carbocycles. The zero-order chi connectivity index (χ0) is 22.3. The van der Waals surface area contributed by atoms with Crippen LogP contribution in [0.15, 0.2) is 59.1 Å². The molecule has 2 N–H and O–H groups in total. The Morgan fingerprint density at radius 2 is 1.97 bits per heavy atom. The van der Waals surface area contributed by atoms with Gasteiger partial charge in [-0.25, -0.2) is 4.39 Å². The maximum Gasteiger partial charge on any atom is 0.220 e. The van der Waals surface area contributed by atoms with Crippen LogP contribution in [-0.4, -0.2) is 31.3 Å². The molecular weight excluding hydrogens is 409 g/mol. The smallest absolute Gasteiger partial charge is 0.220 e. The molecule has 1 saturated heterocycles. The summed E-state index contributed by atoms with van der Waals surface area (Å²) < 4.78 is 23.8. The number of piperidine rings is 1. The summed E-state index contributed by atoms with van der Waals surface area (Å²) in [5, 5.41) is 10.7. The highest BCUT2D eigenvalue weighted by Crippen LogP contribution is 2.28. The molecule has 1 amide bonds.